The number of hydrogen-bond acceptors (Lipinski definition) is 5. The van der Waals surface area contributed by atoms with Crippen LogP contribution in [0.3, 0.4) is 0 Å². The number of hydrogen-bond donors (Lipinski definition) is 2. The molecule has 7 heteroatoms. The first-order valence-electron chi connectivity index (χ1n) is 10.9. The number of amides is 1. The Labute approximate surface area is 182 Å². The standard InChI is InChI=1S/C24H31N3O4/c1-26(2)22(29)20-15-27(21(28)14-19(20)18-6-4-3-5-7-18)17-24(30)8-11-25-16-23(24)9-12-31-13-10-23/h3-7,14-15,25,30H,8-13,16-17H2,1-2H3. The van der Waals surface area contributed by atoms with Gasteiger partial charge in [0.25, 0.3) is 11.5 Å². The number of ether oxygens (including phenoxy) is 1. The summed E-state index contributed by atoms with van der Waals surface area (Å²) in [6.07, 6.45) is 3.67. The quantitative estimate of drug-likeness (QED) is 0.780. The predicted molar refractivity (Wildman–Crippen MR) is 119 cm³/mol. The van der Waals surface area contributed by atoms with Crippen LogP contribution in [0.15, 0.2) is 47.4 Å². The van der Waals surface area contributed by atoms with E-state index in [1.807, 2.05) is 30.3 Å². The molecule has 7 nitrogen and oxygen atoms in total. The summed E-state index contributed by atoms with van der Waals surface area (Å²) in [7, 11) is 3.40. The van der Waals surface area contributed by atoms with E-state index in [0.29, 0.717) is 43.9 Å². The van der Waals surface area contributed by atoms with Gasteiger partial charge in [0.05, 0.1) is 17.7 Å². The minimum Gasteiger partial charge on any atom is -0.387 e. The minimum absolute atomic E-state index is 0.163. The second kappa shape index (κ2) is 8.57. The highest BCUT2D eigenvalue weighted by Crippen LogP contribution is 2.45. The van der Waals surface area contributed by atoms with E-state index < -0.39 is 5.60 Å². The molecule has 1 aromatic carbocycles. The maximum atomic E-state index is 13.1. The molecule has 31 heavy (non-hydrogen) atoms. The molecule has 4 rings (SSSR count). The fourth-order valence-corrected chi connectivity index (χ4v) is 4.95. The van der Waals surface area contributed by atoms with Gasteiger partial charge >= 0.3 is 0 Å². The Balaban J connectivity index is 1.77. The van der Waals surface area contributed by atoms with Crippen molar-refractivity contribution in [2.75, 3.05) is 40.4 Å². The number of rotatable bonds is 4. The lowest BCUT2D eigenvalue weighted by Crippen LogP contribution is -2.63. The van der Waals surface area contributed by atoms with Crippen LogP contribution >= 0.6 is 0 Å². The summed E-state index contributed by atoms with van der Waals surface area (Å²) in [4.78, 5) is 27.6. The van der Waals surface area contributed by atoms with Crippen molar-refractivity contribution in [2.45, 2.75) is 31.4 Å². The number of aromatic nitrogens is 1. The summed E-state index contributed by atoms with van der Waals surface area (Å²) < 4.78 is 7.07. The third-order valence-corrected chi connectivity index (χ3v) is 6.90. The monoisotopic (exact) mass is 425 g/mol. The Hall–Kier alpha value is -2.48. The SMILES string of the molecule is CN(C)C(=O)c1cn(CC2(O)CCNCC23CCOCC3)c(=O)cc1-c1ccccc1. The van der Waals surface area contributed by atoms with E-state index in [-0.39, 0.29) is 23.4 Å². The van der Waals surface area contributed by atoms with Crippen molar-refractivity contribution in [3.8, 4) is 11.1 Å². The molecule has 2 aliphatic rings. The molecule has 1 atom stereocenters. The number of piperidine rings is 1. The van der Waals surface area contributed by atoms with E-state index in [0.717, 1.165) is 18.4 Å². The number of benzene rings is 1. The van der Waals surface area contributed by atoms with Gasteiger partial charge in [-0.1, -0.05) is 30.3 Å². The first-order chi connectivity index (χ1) is 14.9. The Morgan fingerprint density at radius 1 is 1.19 bits per heavy atom. The normalized spacial score (nSPS) is 22.9. The Morgan fingerprint density at radius 3 is 2.58 bits per heavy atom. The molecule has 1 aromatic heterocycles. The molecular formula is C24H31N3O4. The van der Waals surface area contributed by atoms with E-state index in [4.69, 9.17) is 4.74 Å². The van der Waals surface area contributed by atoms with Crippen LogP contribution in [-0.4, -0.2) is 66.5 Å². The van der Waals surface area contributed by atoms with Gasteiger partial charge in [-0.2, -0.15) is 0 Å². The van der Waals surface area contributed by atoms with Gasteiger partial charge in [0.2, 0.25) is 0 Å². The van der Waals surface area contributed by atoms with Crippen LogP contribution < -0.4 is 10.9 Å². The third kappa shape index (κ3) is 4.05. The molecule has 1 spiro atoms. The van der Waals surface area contributed by atoms with Gasteiger partial charge in [0, 0.05) is 57.1 Å². The first-order valence-corrected chi connectivity index (χ1v) is 10.9. The van der Waals surface area contributed by atoms with Crippen LogP contribution in [0.1, 0.15) is 29.6 Å². The highest BCUT2D eigenvalue weighted by atomic mass is 16.5. The molecule has 0 saturated carbocycles. The Morgan fingerprint density at radius 2 is 1.90 bits per heavy atom. The van der Waals surface area contributed by atoms with E-state index in [1.165, 1.54) is 15.5 Å². The van der Waals surface area contributed by atoms with E-state index in [9.17, 15) is 14.7 Å². The van der Waals surface area contributed by atoms with Crippen LogP contribution in [0, 0.1) is 5.41 Å². The summed E-state index contributed by atoms with van der Waals surface area (Å²) >= 11 is 0. The largest absolute Gasteiger partial charge is 0.387 e. The number of carbonyl (C=O) groups is 1. The molecule has 2 saturated heterocycles. The molecule has 2 aliphatic heterocycles. The smallest absolute Gasteiger partial charge is 0.255 e. The van der Waals surface area contributed by atoms with Gasteiger partial charge in [-0.3, -0.25) is 9.59 Å². The lowest BCUT2D eigenvalue weighted by atomic mass is 9.63. The van der Waals surface area contributed by atoms with E-state index in [1.54, 1.807) is 20.3 Å². The summed E-state index contributed by atoms with van der Waals surface area (Å²) in [5.74, 6) is -0.175. The molecule has 3 heterocycles. The highest BCUT2D eigenvalue weighted by molar-refractivity contribution is 6.00. The van der Waals surface area contributed by atoms with Crippen molar-refractivity contribution < 1.29 is 14.6 Å². The molecular weight excluding hydrogens is 394 g/mol. The number of nitrogens with one attached hydrogen (secondary N) is 1. The van der Waals surface area contributed by atoms with E-state index >= 15 is 0 Å². The molecule has 2 aromatic rings. The Kier molecular flexibility index (Phi) is 6.01. The minimum atomic E-state index is -1.04. The summed E-state index contributed by atoms with van der Waals surface area (Å²) in [6, 6.07) is 11.0. The zero-order valence-corrected chi connectivity index (χ0v) is 18.3. The van der Waals surface area contributed by atoms with Crippen LogP contribution in [0.4, 0.5) is 0 Å². The molecule has 0 bridgehead atoms. The van der Waals surface area contributed by atoms with Crippen molar-refractivity contribution in [3.05, 3.63) is 58.5 Å². The molecule has 1 amide bonds. The third-order valence-electron chi connectivity index (χ3n) is 6.90. The first kappa shape index (κ1) is 21.7. The second-order valence-electron chi connectivity index (χ2n) is 8.98. The predicted octanol–water partition coefficient (Wildman–Crippen LogP) is 1.74. The molecule has 1 unspecified atom stereocenters. The summed E-state index contributed by atoms with van der Waals surface area (Å²) in [5.41, 5.74) is 0.278. The number of pyridine rings is 1. The fourth-order valence-electron chi connectivity index (χ4n) is 4.95. The second-order valence-corrected chi connectivity index (χ2v) is 8.98. The van der Waals surface area contributed by atoms with Crippen LogP contribution in [0.5, 0.6) is 0 Å². The number of carbonyl (C=O) groups excluding carboxylic acids is 1. The number of nitrogens with zero attached hydrogens (tertiary/aromatic N) is 2. The summed E-state index contributed by atoms with van der Waals surface area (Å²) in [5, 5.41) is 15.2. The molecule has 166 valence electrons. The average Bonchev–Trinajstić information content (AvgIpc) is 2.78. The topological polar surface area (TPSA) is 83.8 Å². The molecule has 2 N–H and O–H groups in total. The van der Waals surface area contributed by atoms with Crippen molar-refractivity contribution in [1.29, 1.82) is 0 Å². The van der Waals surface area contributed by atoms with Crippen molar-refractivity contribution in [1.82, 2.24) is 14.8 Å². The zero-order chi connectivity index (χ0) is 22.1. The van der Waals surface area contributed by atoms with Gasteiger partial charge in [0.15, 0.2) is 0 Å². The van der Waals surface area contributed by atoms with E-state index in [2.05, 4.69) is 5.32 Å². The van der Waals surface area contributed by atoms with Crippen molar-refractivity contribution >= 4 is 5.91 Å². The van der Waals surface area contributed by atoms with Crippen molar-refractivity contribution in [3.63, 3.8) is 0 Å². The zero-order valence-electron chi connectivity index (χ0n) is 18.3. The summed E-state index contributed by atoms with van der Waals surface area (Å²) in [6.45, 7) is 2.77. The van der Waals surface area contributed by atoms with Gasteiger partial charge in [-0.25, -0.2) is 0 Å². The van der Waals surface area contributed by atoms with Gasteiger partial charge in [-0.05, 0) is 31.4 Å². The number of aliphatic hydroxyl groups is 1. The molecule has 0 radical (unpaired) electrons. The molecule has 2 fully saturated rings. The lowest BCUT2D eigenvalue weighted by Gasteiger charge is -2.52. The van der Waals surface area contributed by atoms with Crippen LogP contribution in [-0.2, 0) is 11.3 Å². The van der Waals surface area contributed by atoms with Crippen LogP contribution in [0.2, 0.25) is 0 Å². The van der Waals surface area contributed by atoms with Crippen LogP contribution in [0.25, 0.3) is 11.1 Å². The maximum Gasteiger partial charge on any atom is 0.255 e. The lowest BCUT2D eigenvalue weighted by molar-refractivity contribution is -0.156. The molecule has 0 aliphatic carbocycles. The van der Waals surface area contributed by atoms with Crippen molar-refractivity contribution in [2.24, 2.45) is 5.41 Å². The van der Waals surface area contributed by atoms with Gasteiger partial charge in [-0.15, -0.1) is 0 Å². The van der Waals surface area contributed by atoms with Gasteiger partial charge < -0.3 is 24.6 Å². The Bertz CT molecular complexity index is 987. The van der Waals surface area contributed by atoms with Gasteiger partial charge in [0.1, 0.15) is 0 Å². The maximum absolute atomic E-state index is 13.1. The average molecular weight is 426 g/mol. The highest BCUT2D eigenvalue weighted by Gasteiger charge is 2.52. The fraction of sp³-hybridized carbons (Fsp3) is 0.500.